The van der Waals surface area contributed by atoms with Gasteiger partial charge in [-0.25, -0.2) is 14.5 Å². The van der Waals surface area contributed by atoms with Gasteiger partial charge in [-0.1, -0.05) is 30.3 Å². The number of benzene rings is 4. The summed E-state index contributed by atoms with van der Waals surface area (Å²) in [6, 6.07) is 36.3. The van der Waals surface area contributed by atoms with Gasteiger partial charge in [0.1, 0.15) is 33.9 Å². The maximum atomic E-state index is 6.70. The Hall–Kier alpha value is -5.98. The van der Waals surface area contributed by atoms with Gasteiger partial charge >= 0.3 is 0 Å². The summed E-state index contributed by atoms with van der Waals surface area (Å²) in [5.41, 5.74) is 11.8. The van der Waals surface area contributed by atoms with E-state index in [1.807, 2.05) is 24.5 Å². The molecule has 222 valence electrons. The minimum atomic E-state index is 0.560. The Labute approximate surface area is 269 Å². The monoisotopic (exact) mass is 607 g/mol. The predicted octanol–water partition coefficient (Wildman–Crippen LogP) is 10.5. The third kappa shape index (κ3) is 3.17. The summed E-state index contributed by atoms with van der Waals surface area (Å²) in [5, 5.41) is 5.51. The molecule has 0 spiro atoms. The lowest BCUT2D eigenvalue weighted by Gasteiger charge is -2.32. The van der Waals surface area contributed by atoms with Crippen LogP contribution in [0.4, 0.5) is 11.5 Å². The van der Waals surface area contributed by atoms with Crippen molar-refractivity contribution < 1.29 is 8.83 Å². The highest BCUT2D eigenvalue weighted by Gasteiger charge is 2.46. The minimum absolute atomic E-state index is 0.560. The molecular weight excluding hydrogens is 580 g/mol. The van der Waals surface area contributed by atoms with Gasteiger partial charge in [-0.15, -0.1) is 0 Å². The molecule has 0 fully saturated rings. The second-order valence-electron chi connectivity index (χ2n) is 12.8. The number of fused-ring (bicyclic) bond motifs is 13. The van der Waals surface area contributed by atoms with Gasteiger partial charge < -0.3 is 8.83 Å². The van der Waals surface area contributed by atoms with Gasteiger partial charge in [-0.3, -0.25) is 4.57 Å². The van der Waals surface area contributed by atoms with Crippen molar-refractivity contribution in [2.75, 3.05) is 7.05 Å². The molecular formula is C41H27N4O2+. The minimum Gasteiger partial charge on any atom is -0.460 e. The first-order chi connectivity index (χ1) is 23.2. The number of hydrogen-bond acceptors (Lipinski definition) is 4. The molecule has 6 heteroatoms. The Morgan fingerprint density at radius 2 is 1.49 bits per heavy atom. The summed E-state index contributed by atoms with van der Waals surface area (Å²) in [5.74, 6) is 2.08. The van der Waals surface area contributed by atoms with Crippen LogP contribution in [0.3, 0.4) is 0 Å². The second-order valence-corrected chi connectivity index (χ2v) is 12.8. The molecule has 5 aromatic heterocycles. The molecule has 6 heterocycles. The Kier molecular flexibility index (Phi) is 4.75. The number of nitrogens with zero attached hydrogens (tertiary/aromatic N) is 4. The Balaban J connectivity index is 1.13. The zero-order chi connectivity index (χ0) is 30.9. The van der Waals surface area contributed by atoms with Gasteiger partial charge in [0.25, 0.3) is 0 Å². The Morgan fingerprint density at radius 3 is 2.47 bits per heavy atom. The average Bonchev–Trinajstić information content (AvgIpc) is 3.85. The van der Waals surface area contributed by atoms with Crippen LogP contribution >= 0.6 is 0 Å². The van der Waals surface area contributed by atoms with E-state index in [0.717, 1.165) is 85.1 Å². The molecule has 9 aromatic rings. The number of rotatable bonds is 2. The first kappa shape index (κ1) is 25.2. The maximum absolute atomic E-state index is 6.70. The molecule has 0 N–H and O–H groups in total. The number of hydrogen-bond donors (Lipinski definition) is 0. The molecule has 0 bridgehead atoms. The molecule has 0 amide bonds. The number of para-hydroxylation sites is 2. The summed E-state index contributed by atoms with van der Waals surface area (Å²) in [6.45, 7) is 0. The third-order valence-electron chi connectivity index (χ3n) is 10.5. The number of allylic oxidation sites excluding steroid dienone is 1. The van der Waals surface area contributed by atoms with E-state index in [1.54, 1.807) is 0 Å². The average molecular weight is 608 g/mol. The highest BCUT2D eigenvalue weighted by Crippen LogP contribution is 2.55. The van der Waals surface area contributed by atoms with E-state index < -0.39 is 0 Å². The van der Waals surface area contributed by atoms with Crippen molar-refractivity contribution in [3.63, 3.8) is 0 Å². The van der Waals surface area contributed by atoms with Crippen LogP contribution in [0.25, 0.3) is 77.7 Å². The SMILES string of the molecule is C[N+]1(C2=Cc3c(oc4ccc5c6cc(-n7c8ccccc8c8cccnc87)ccc6oc5c34)CC2)c2ccccc2-c2cccnc21. The van der Waals surface area contributed by atoms with Crippen molar-refractivity contribution in [2.45, 2.75) is 12.8 Å². The molecule has 4 aromatic carbocycles. The van der Waals surface area contributed by atoms with Crippen LogP contribution in [-0.4, -0.2) is 21.6 Å². The molecule has 2 aliphatic rings. The lowest BCUT2D eigenvalue weighted by atomic mass is 9.97. The first-order valence-electron chi connectivity index (χ1n) is 16.1. The fourth-order valence-electron chi connectivity index (χ4n) is 8.30. The third-order valence-corrected chi connectivity index (χ3v) is 10.5. The van der Waals surface area contributed by atoms with E-state index in [4.69, 9.17) is 18.8 Å². The number of quaternary nitrogens is 1. The van der Waals surface area contributed by atoms with E-state index >= 15 is 0 Å². The van der Waals surface area contributed by atoms with E-state index in [1.165, 1.54) is 27.9 Å². The zero-order valence-corrected chi connectivity index (χ0v) is 25.6. The van der Waals surface area contributed by atoms with Gasteiger partial charge in [0.15, 0.2) is 5.69 Å². The predicted molar refractivity (Wildman–Crippen MR) is 189 cm³/mol. The van der Waals surface area contributed by atoms with Crippen molar-refractivity contribution in [2.24, 2.45) is 0 Å². The summed E-state index contributed by atoms with van der Waals surface area (Å²) in [7, 11) is 2.28. The van der Waals surface area contributed by atoms with E-state index in [-0.39, 0.29) is 0 Å². The van der Waals surface area contributed by atoms with E-state index in [2.05, 4.69) is 109 Å². The molecule has 1 aliphatic heterocycles. The number of aromatic nitrogens is 3. The number of pyridine rings is 2. The number of aryl methyl sites for hydroxylation is 1. The van der Waals surface area contributed by atoms with Gasteiger partial charge in [0, 0.05) is 70.2 Å². The van der Waals surface area contributed by atoms with Crippen molar-refractivity contribution in [1.82, 2.24) is 19.0 Å². The highest BCUT2D eigenvalue weighted by atomic mass is 16.3. The molecule has 1 aliphatic carbocycles. The quantitative estimate of drug-likeness (QED) is 0.184. The molecule has 11 rings (SSSR count). The van der Waals surface area contributed by atoms with Crippen molar-refractivity contribution in [1.29, 1.82) is 0 Å². The molecule has 1 atom stereocenters. The first-order valence-corrected chi connectivity index (χ1v) is 16.1. The van der Waals surface area contributed by atoms with Crippen LogP contribution in [-0.2, 0) is 6.42 Å². The molecule has 0 saturated heterocycles. The van der Waals surface area contributed by atoms with Crippen LogP contribution in [0.2, 0.25) is 0 Å². The standard InChI is InChI=1S/C41H27N4O2/c1-45(34-13-5-3-9-27(34)30-11-7-21-43-41(30)45)25-15-18-36-32(23-25)38-37(46-36)19-16-28-31-22-24(14-17-35(31)47-39(28)38)44-33-12-4-2-8-26(33)29-10-6-20-42-40(29)44/h2-14,16-17,19-23H,15,18H2,1H3/q+1. The largest absolute Gasteiger partial charge is 0.460 e. The Bertz CT molecular complexity index is 2730. The summed E-state index contributed by atoms with van der Waals surface area (Å²) >= 11 is 0. The van der Waals surface area contributed by atoms with Gasteiger partial charge in [0.2, 0.25) is 5.82 Å². The molecule has 6 nitrogen and oxygen atoms in total. The molecule has 0 radical (unpaired) electrons. The van der Waals surface area contributed by atoms with Crippen LogP contribution in [0.5, 0.6) is 0 Å². The lowest BCUT2D eigenvalue weighted by molar-refractivity contribution is 0.497. The maximum Gasteiger partial charge on any atom is 0.245 e. The summed E-state index contributed by atoms with van der Waals surface area (Å²) in [4.78, 5) is 9.73. The molecule has 47 heavy (non-hydrogen) atoms. The highest BCUT2D eigenvalue weighted by molar-refractivity contribution is 6.17. The summed E-state index contributed by atoms with van der Waals surface area (Å²) in [6.07, 6.45) is 7.81. The Morgan fingerprint density at radius 1 is 0.681 bits per heavy atom. The lowest BCUT2D eigenvalue weighted by Crippen LogP contribution is -2.38. The van der Waals surface area contributed by atoms with Crippen molar-refractivity contribution >= 4 is 72.4 Å². The van der Waals surface area contributed by atoms with Crippen LogP contribution in [0.1, 0.15) is 17.7 Å². The van der Waals surface area contributed by atoms with E-state index in [0.29, 0.717) is 4.48 Å². The fraction of sp³-hybridized carbons (Fsp3) is 0.0732. The van der Waals surface area contributed by atoms with Gasteiger partial charge in [-0.05, 0) is 66.7 Å². The van der Waals surface area contributed by atoms with Gasteiger partial charge in [-0.2, -0.15) is 0 Å². The van der Waals surface area contributed by atoms with E-state index in [9.17, 15) is 0 Å². The van der Waals surface area contributed by atoms with Crippen LogP contribution in [0, 0.1) is 0 Å². The summed E-state index contributed by atoms with van der Waals surface area (Å²) < 4.78 is 16.0. The smallest absolute Gasteiger partial charge is 0.245 e. The van der Waals surface area contributed by atoms with Crippen molar-refractivity contribution in [3.8, 4) is 16.8 Å². The van der Waals surface area contributed by atoms with Gasteiger partial charge in [0.05, 0.1) is 29.1 Å². The van der Waals surface area contributed by atoms with Crippen molar-refractivity contribution in [3.05, 3.63) is 133 Å². The molecule has 1 unspecified atom stereocenters. The van der Waals surface area contributed by atoms with Crippen LogP contribution < -0.4 is 4.48 Å². The normalized spacial score (nSPS) is 17.1. The zero-order valence-electron chi connectivity index (χ0n) is 25.6. The fourth-order valence-corrected chi connectivity index (χ4v) is 8.30. The second kappa shape index (κ2) is 8.84. The molecule has 0 saturated carbocycles. The van der Waals surface area contributed by atoms with Crippen LogP contribution in [0.15, 0.2) is 130 Å². The topological polar surface area (TPSA) is 57.0 Å². The number of furan rings is 2.